The van der Waals surface area contributed by atoms with Gasteiger partial charge in [0.1, 0.15) is 0 Å². The Balaban J connectivity index is 1.92. The summed E-state index contributed by atoms with van der Waals surface area (Å²) in [6.45, 7) is 4.43. The van der Waals surface area contributed by atoms with Crippen molar-refractivity contribution < 1.29 is 5.11 Å². The number of benzene rings is 2. The van der Waals surface area contributed by atoms with Crippen LogP contribution in [-0.4, -0.2) is 28.6 Å². The maximum Gasteiger partial charge on any atom is 0.0711 e. The molecule has 0 radical (unpaired) electrons. The topological polar surface area (TPSA) is 32.6 Å². The predicted octanol–water partition coefficient (Wildman–Crippen LogP) is 4.40. The van der Waals surface area contributed by atoms with E-state index in [0.717, 1.165) is 12.2 Å². The predicted molar refractivity (Wildman–Crippen MR) is 97.0 cm³/mol. The molecule has 0 aromatic heterocycles. The molecule has 1 fully saturated rings. The smallest absolute Gasteiger partial charge is 0.0711 e. The van der Waals surface area contributed by atoms with Crippen LogP contribution < -0.4 is 0 Å². The highest BCUT2D eigenvalue weighted by atomic mass is 32.2. The van der Waals surface area contributed by atoms with Gasteiger partial charge < -0.3 is 5.11 Å². The summed E-state index contributed by atoms with van der Waals surface area (Å²) in [7, 11) is 0. The van der Waals surface area contributed by atoms with Crippen LogP contribution in [-0.2, 0) is 5.41 Å². The average Bonchev–Trinajstić information content (AvgIpc) is 2.54. The van der Waals surface area contributed by atoms with E-state index in [0.29, 0.717) is 0 Å². The molecule has 3 heteroatoms. The number of aliphatic imine (C=N–C) groups is 1. The molecule has 0 bridgehead atoms. The molecule has 116 valence electrons. The number of rotatable bonds is 3. The molecule has 22 heavy (non-hydrogen) atoms. The molecule has 2 atom stereocenters. The molecule has 1 heterocycles. The van der Waals surface area contributed by atoms with Crippen molar-refractivity contribution in [2.24, 2.45) is 4.99 Å². The fourth-order valence-electron chi connectivity index (χ4n) is 3.05. The third-order valence-corrected chi connectivity index (χ3v) is 5.53. The zero-order valence-corrected chi connectivity index (χ0v) is 14.1. The molecule has 2 nitrogen and oxygen atoms in total. The van der Waals surface area contributed by atoms with Gasteiger partial charge in [-0.05, 0) is 35.1 Å². The van der Waals surface area contributed by atoms with Gasteiger partial charge in [-0.2, -0.15) is 0 Å². The van der Waals surface area contributed by atoms with Crippen molar-refractivity contribution in [2.75, 3.05) is 12.4 Å². The lowest BCUT2D eigenvalue weighted by Crippen LogP contribution is -2.30. The maximum absolute atomic E-state index is 9.21. The van der Waals surface area contributed by atoms with Crippen molar-refractivity contribution in [3.05, 3.63) is 48.0 Å². The Bertz CT molecular complexity index is 697. The van der Waals surface area contributed by atoms with Gasteiger partial charge in [-0.3, -0.25) is 4.99 Å². The van der Waals surface area contributed by atoms with E-state index in [4.69, 9.17) is 0 Å². The molecule has 1 saturated heterocycles. The molecule has 0 spiro atoms. The monoisotopic (exact) mass is 313 g/mol. The largest absolute Gasteiger partial charge is 0.394 e. The Morgan fingerprint density at radius 1 is 1.23 bits per heavy atom. The lowest BCUT2D eigenvalue weighted by molar-refractivity contribution is 0.274. The summed E-state index contributed by atoms with van der Waals surface area (Å²) >= 11 is 1.85. The van der Waals surface area contributed by atoms with Crippen LogP contribution in [0.5, 0.6) is 0 Å². The van der Waals surface area contributed by atoms with Crippen molar-refractivity contribution >= 4 is 27.6 Å². The van der Waals surface area contributed by atoms with E-state index < -0.39 is 0 Å². The van der Waals surface area contributed by atoms with E-state index in [1.165, 1.54) is 27.8 Å². The second-order valence-corrected chi connectivity index (χ2v) is 7.62. The van der Waals surface area contributed by atoms with Gasteiger partial charge in [0, 0.05) is 12.2 Å². The first-order valence-electron chi connectivity index (χ1n) is 7.90. The molecule has 0 saturated carbocycles. The quantitative estimate of drug-likeness (QED) is 0.910. The Morgan fingerprint density at radius 2 is 2.00 bits per heavy atom. The van der Waals surface area contributed by atoms with Crippen molar-refractivity contribution in [1.29, 1.82) is 0 Å². The molecule has 2 aromatic rings. The molecular weight excluding hydrogens is 290 g/mol. The van der Waals surface area contributed by atoms with E-state index in [-0.39, 0.29) is 18.1 Å². The molecule has 2 unspecified atom stereocenters. The van der Waals surface area contributed by atoms with Crippen molar-refractivity contribution in [2.45, 2.75) is 38.1 Å². The Kier molecular flexibility index (Phi) is 4.55. The lowest BCUT2D eigenvalue weighted by atomic mass is 9.76. The van der Waals surface area contributed by atoms with Gasteiger partial charge in [0.05, 0.1) is 17.7 Å². The maximum atomic E-state index is 9.21. The summed E-state index contributed by atoms with van der Waals surface area (Å²) < 4.78 is 0. The molecule has 1 N–H and O–H groups in total. The van der Waals surface area contributed by atoms with Gasteiger partial charge in [0.15, 0.2) is 0 Å². The van der Waals surface area contributed by atoms with Crippen LogP contribution in [0.4, 0.5) is 0 Å². The van der Waals surface area contributed by atoms with Gasteiger partial charge in [-0.25, -0.2) is 0 Å². The first kappa shape index (κ1) is 15.6. The number of nitrogens with zero attached hydrogens (tertiary/aromatic N) is 1. The molecule has 3 rings (SSSR count). The second-order valence-electron chi connectivity index (χ2n) is 6.45. The second kappa shape index (κ2) is 6.43. The van der Waals surface area contributed by atoms with Gasteiger partial charge in [-0.1, -0.05) is 49.4 Å². The van der Waals surface area contributed by atoms with E-state index in [2.05, 4.69) is 54.4 Å². The minimum absolute atomic E-state index is 0.00135. The molecule has 1 aliphatic rings. The SMILES string of the molecule is CC(CO)N=C1CC(C)(c2ccc3ccccc3c2)CCS1. The highest BCUT2D eigenvalue weighted by molar-refractivity contribution is 8.14. The third-order valence-electron chi connectivity index (χ3n) is 4.54. The van der Waals surface area contributed by atoms with Crippen LogP contribution in [0.25, 0.3) is 10.8 Å². The zero-order valence-electron chi connectivity index (χ0n) is 13.2. The fourth-order valence-corrected chi connectivity index (χ4v) is 4.51. The van der Waals surface area contributed by atoms with E-state index in [1.54, 1.807) is 0 Å². The first-order valence-corrected chi connectivity index (χ1v) is 8.89. The van der Waals surface area contributed by atoms with Crippen molar-refractivity contribution in [1.82, 2.24) is 0 Å². The van der Waals surface area contributed by atoms with Crippen LogP contribution in [0.1, 0.15) is 32.3 Å². The normalized spacial score (nSPS) is 25.5. The molecule has 2 aromatic carbocycles. The van der Waals surface area contributed by atoms with Crippen LogP contribution in [0.3, 0.4) is 0 Å². The van der Waals surface area contributed by atoms with Gasteiger partial charge in [0.25, 0.3) is 0 Å². The number of thioether (sulfide) groups is 1. The van der Waals surface area contributed by atoms with Crippen LogP contribution in [0, 0.1) is 0 Å². The summed E-state index contributed by atoms with van der Waals surface area (Å²) in [6, 6.07) is 15.4. The number of fused-ring (bicyclic) bond motifs is 1. The molecule has 0 aliphatic carbocycles. The van der Waals surface area contributed by atoms with E-state index in [9.17, 15) is 5.11 Å². The summed E-state index contributed by atoms with van der Waals surface area (Å²) in [4.78, 5) is 4.67. The first-order chi connectivity index (χ1) is 10.6. The van der Waals surface area contributed by atoms with Gasteiger partial charge in [0.2, 0.25) is 0 Å². The minimum atomic E-state index is 0.00135. The molecular formula is C19H23NOS. The summed E-state index contributed by atoms with van der Waals surface area (Å²) in [6.07, 6.45) is 2.14. The Hall–Kier alpha value is -1.32. The van der Waals surface area contributed by atoms with E-state index in [1.807, 2.05) is 18.7 Å². The number of aliphatic hydroxyl groups is 1. The minimum Gasteiger partial charge on any atom is -0.394 e. The Morgan fingerprint density at radius 3 is 2.77 bits per heavy atom. The van der Waals surface area contributed by atoms with E-state index >= 15 is 0 Å². The zero-order chi connectivity index (χ0) is 15.6. The van der Waals surface area contributed by atoms with Crippen LogP contribution >= 0.6 is 11.8 Å². The standard InChI is InChI=1S/C19H23NOS/c1-14(13-21)20-18-12-19(2,9-10-22-18)17-8-7-15-5-3-4-6-16(15)11-17/h3-8,11,14,21H,9-10,12-13H2,1-2H3. The number of aliphatic hydroxyl groups excluding tert-OH is 1. The van der Waals surface area contributed by atoms with Crippen LogP contribution in [0.15, 0.2) is 47.5 Å². The lowest BCUT2D eigenvalue weighted by Gasteiger charge is -2.35. The fraction of sp³-hybridized carbons (Fsp3) is 0.421. The number of hydrogen-bond donors (Lipinski definition) is 1. The van der Waals surface area contributed by atoms with Crippen molar-refractivity contribution in [3.63, 3.8) is 0 Å². The molecule has 1 aliphatic heterocycles. The summed E-state index contributed by atoms with van der Waals surface area (Å²) in [5.41, 5.74) is 1.54. The van der Waals surface area contributed by atoms with Crippen molar-refractivity contribution in [3.8, 4) is 0 Å². The summed E-state index contributed by atoms with van der Waals surface area (Å²) in [5, 5.41) is 13.0. The number of hydrogen-bond acceptors (Lipinski definition) is 3. The average molecular weight is 313 g/mol. The third kappa shape index (κ3) is 3.21. The highest BCUT2D eigenvalue weighted by Gasteiger charge is 2.32. The van der Waals surface area contributed by atoms with Crippen LogP contribution in [0.2, 0.25) is 0 Å². The van der Waals surface area contributed by atoms with Gasteiger partial charge in [-0.15, -0.1) is 11.8 Å². The summed E-state index contributed by atoms with van der Waals surface area (Å²) in [5.74, 6) is 1.10. The highest BCUT2D eigenvalue weighted by Crippen LogP contribution is 2.40. The Labute approximate surface area is 136 Å². The van der Waals surface area contributed by atoms with Gasteiger partial charge >= 0.3 is 0 Å². The molecule has 0 amide bonds.